The first kappa shape index (κ1) is 19.1. The maximum Gasteiger partial charge on any atom is 0.262 e. The molecule has 0 spiro atoms. The molecule has 3 aromatic rings. The molecule has 136 valence electrons. The van der Waals surface area contributed by atoms with Gasteiger partial charge in [0.25, 0.3) is 5.56 Å². The Kier molecular flexibility index (Phi) is 6.16. The standard InChI is InChI=1S/C18H18BrN3O2S2/c1-3-22-17(24)13-9-12(19)6-7-14(13)21-18(22)26-10-16(23)20-11(2)15-5-4-8-25-15/h4-9,11H,3,10H2,1-2H3,(H,20,23). The van der Waals surface area contributed by atoms with E-state index in [0.717, 1.165) is 9.35 Å². The molecule has 0 radical (unpaired) electrons. The summed E-state index contributed by atoms with van der Waals surface area (Å²) in [6.45, 7) is 4.36. The zero-order valence-electron chi connectivity index (χ0n) is 14.4. The Morgan fingerprint density at radius 3 is 2.92 bits per heavy atom. The summed E-state index contributed by atoms with van der Waals surface area (Å²) in [6, 6.07) is 9.38. The van der Waals surface area contributed by atoms with Crippen LogP contribution < -0.4 is 10.9 Å². The number of benzene rings is 1. The van der Waals surface area contributed by atoms with Crippen molar-refractivity contribution in [2.45, 2.75) is 31.6 Å². The lowest BCUT2D eigenvalue weighted by atomic mass is 10.2. The van der Waals surface area contributed by atoms with Gasteiger partial charge in [-0.2, -0.15) is 0 Å². The van der Waals surface area contributed by atoms with Crippen molar-refractivity contribution in [2.24, 2.45) is 0 Å². The number of halogens is 1. The summed E-state index contributed by atoms with van der Waals surface area (Å²) >= 11 is 6.29. The number of thiophene rings is 1. The number of amides is 1. The molecule has 5 nitrogen and oxygen atoms in total. The third-order valence-corrected chi connectivity index (χ3v) is 6.40. The number of nitrogens with zero attached hydrogens (tertiary/aromatic N) is 2. The zero-order chi connectivity index (χ0) is 18.7. The van der Waals surface area contributed by atoms with Crippen LogP contribution in [0.3, 0.4) is 0 Å². The van der Waals surface area contributed by atoms with Crippen LogP contribution in [0.15, 0.2) is 50.1 Å². The average molecular weight is 452 g/mol. The molecule has 0 bridgehead atoms. The van der Waals surface area contributed by atoms with Crippen LogP contribution in [0.25, 0.3) is 10.9 Å². The molecule has 0 aliphatic carbocycles. The van der Waals surface area contributed by atoms with Crippen molar-refractivity contribution in [1.82, 2.24) is 14.9 Å². The molecule has 0 aliphatic heterocycles. The lowest BCUT2D eigenvalue weighted by molar-refractivity contribution is -0.119. The van der Waals surface area contributed by atoms with Gasteiger partial charge in [0, 0.05) is 15.9 Å². The molecule has 0 saturated heterocycles. The average Bonchev–Trinajstić information content (AvgIpc) is 3.15. The lowest BCUT2D eigenvalue weighted by Gasteiger charge is -2.13. The highest BCUT2D eigenvalue weighted by Crippen LogP contribution is 2.22. The van der Waals surface area contributed by atoms with Gasteiger partial charge in [-0.05, 0) is 43.5 Å². The van der Waals surface area contributed by atoms with Gasteiger partial charge < -0.3 is 5.32 Å². The monoisotopic (exact) mass is 451 g/mol. The molecule has 1 aromatic carbocycles. The maximum absolute atomic E-state index is 12.7. The van der Waals surface area contributed by atoms with E-state index in [9.17, 15) is 9.59 Å². The van der Waals surface area contributed by atoms with Crippen LogP contribution in [0.5, 0.6) is 0 Å². The SMILES string of the molecule is CCn1c(SCC(=O)NC(C)c2cccs2)nc2ccc(Br)cc2c1=O. The van der Waals surface area contributed by atoms with Crippen LogP contribution in [-0.2, 0) is 11.3 Å². The molecule has 2 heterocycles. The van der Waals surface area contributed by atoms with E-state index in [1.807, 2.05) is 43.5 Å². The highest BCUT2D eigenvalue weighted by Gasteiger charge is 2.14. The first-order chi connectivity index (χ1) is 12.5. The first-order valence-corrected chi connectivity index (χ1v) is 10.8. The van der Waals surface area contributed by atoms with Gasteiger partial charge in [-0.15, -0.1) is 11.3 Å². The second-order valence-electron chi connectivity index (χ2n) is 5.70. The number of fused-ring (bicyclic) bond motifs is 1. The van der Waals surface area contributed by atoms with Gasteiger partial charge in [0.2, 0.25) is 5.91 Å². The number of rotatable bonds is 6. The fourth-order valence-corrected chi connectivity index (χ4v) is 4.55. The van der Waals surface area contributed by atoms with Gasteiger partial charge in [-0.25, -0.2) is 4.98 Å². The molecule has 3 rings (SSSR count). The van der Waals surface area contributed by atoms with Crippen LogP contribution in [0.2, 0.25) is 0 Å². The van der Waals surface area contributed by atoms with Crippen LogP contribution in [-0.4, -0.2) is 21.2 Å². The molecule has 1 amide bonds. The van der Waals surface area contributed by atoms with Crippen LogP contribution in [0.1, 0.15) is 24.8 Å². The number of nitrogens with one attached hydrogen (secondary N) is 1. The third-order valence-electron chi connectivity index (χ3n) is 3.88. The molecular weight excluding hydrogens is 434 g/mol. The predicted molar refractivity (Wildman–Crippen MR) is 111 cm³/mol. The van der Waals surface area contributed by atoms with E-state index in [2.05, 4.69) is 26.2 Å². The number of aromatic nitrogens is 2. The van der Waals surface area contributed by atoms with Gasteiger partial charge in [0.15, 0.2) is 5.16 Å². The number of thioether (sulfide) groups is 1. The first-order valence-electron chi connectivity index (χ1n) is 8.15. The van der Waals surface area contributed by atoms with Gasteiger partial charge in [-0.3, -0.25) is 14.2 Å². The quantitative estimate of drug-likeness (QED) is 0.450. The highest BCUT2D eigenvalue weighted by molar-refractivity contribution is 9.10. The number of carbonyl (C=O) groups excluding carboxylic acids is 1. The Hall–Kier alpha value is -1.64. The molecule has 26 heavy (non-hydrogen) atoms. The van der Waals surface area contributed by atoms with Gasteiger partial charge in [0.05, 0.1) is 22.7 Å². The molecule has 1 unspecified atom stereocenters. The van der Waals surface area contributed by atoms with Crippen LogP contribution in [0, 0.1) is 0 Å². The summed E-state index contributed by atoms with van der Waals surface area (Å²) in [5, 5.41) is 6.10. The zero-order valence-corrected chi connectivity index (χ0v) is 17.6. The molecule has 0 fully saturated rings. The molecule has 8 heteroatoms. The van der Waals surface area contributed by atoms with E-state index in [4.69, 9.17) is 0 Å². The van der Waals surface area contributed by atoms with Gasteiger partial charge >= 0.3 is 0 Å². The Bertz CT molecular complexity index is 986. The Morgan fingerprint density at radius 1 is 1.42 bits per heavy atom. The van der Waals surface area contributed by atoms with Crippen molar-refractivity contribution in [1.29, 1.82) is 0 Å². The van der Waals surface area contributed by atoms with Crippen molar-refractivity contribution in [3.05, 3.63) is 55.4 Å². The summed E-state index contributed by atoms with van der Waals surface area (Å²) < 4.78 is 2.45. The summed E-state index contributed by atoms with van der Waals surface area (Å²) in [5.41, 5.74) is 0.548. The van der Waals surface area contributed by atoms with E-state index >= 15 is 0 Å². The van der Waals surface area contributed by atoms with E-state index < -0.39 is 0 Å². The summed E-state index contributed by atoms with van der Waals surface area (Å²) in [7, 11) is 0. The molecule has 0 aliphatic rings. The second kappa shape index (κ2) is 8.37. The highest BCUT2D eigenvalue weighted by atomic mass is 79.9. The Balaban J connectivity index is 1.77. The Morgan fingerprint density at radius 2 is 2.23 bits per heavy atom. The smallest absolute Gasteiger partial charge is 0.262 e. The number of hydrogen-bond acceptors (Lipinski definition) is 5. The third kappa shape index (κ3) is 4.19. The van der Waals surface area contributed by atoms with Crippen LogP contribution in [0.4, 0.5) is 0 Å². The largest absolute Gasteiger partial charge is 0.348 e. The normalized spacial score (nSPS) is 12.3. The summed E-state index contributed by atoms with van der Waals surface area (Å²) in [5.74, 6) is 0.133. The van der Waals surface area contributed by atoms with Crippen molar-refractivity contribution >= 4 is 55.8 Å². The van der Waals surface area contributed by atoms with Crippen molar-refractivity contribution in [3.63, 3.8) is 0 Å². The van der Waals surface area contributed by atoms with Gasteiger partial charge in [-0.1, -0.05) is 33.8 Å². The molecule has 0 saturated carbocycles. The fourth-order valence-electron chi connectivity index (χ4n) is 2.58. The molecule has 1 N–H and O–H groups in total. The minimum Gasteiger partial charge on any atom is -0.348 e. The van der Waals surface area contributed by atoms with E-state index in [1.165, 1.54) is 11.8 Å². The lowest BCUT2D eigenvalue weighted by Crippen LogP contribution is -2.28. The topological polar surface area (TPSA) is 64.0 Å². The van der Waals surface area contributed by atoms with Crippen LogP contribution >= 0.6 is 39.0 Å². The number of hydrogen-bond donors (Lipinski definition) is 1. The van der Waals surface area contributed by atoms with E-state index in [1.54, 1.807) is 22.0 Å². The molecule has 1 atom stereocenters. The van der Waals surface area contributed by atoms with E-state index in [-0.39, 0.29) is 23.3 Å². The summed E-state index contributed by atoms with van der Waals surface area (Å²) in [4.78, 5) is 30.7. The fraction of sp³-hybridized carbons (Fsp3) is 0.278. The van der Waals surface area contributed by atoms with Gasteiger partial charge in [0.1, 0.15) is 0 Å². The van der Waals surface area contributed by atoms with Crippen molar-refractivity contribution in [2.75, 3.05) is 5.75 Å². The van der Waals surface area contributed by atoms with Crippen molar-refractivity contribution in [3.8, 4) is 0 Å². The minimum atomic E-state index is -0.0892. The number of carbonyl (C=O) groups is 1. The molecule has 2 aromatic heterocycles. The van der Waals surface area contributed by atoms with E-state index in [0.29, 0.717) is 22.6 Å². The molecular formula is C18H18BrN3O2S2. The minimum absolute atomic E-state index is 0.0293. The predicted octanol–water partition coefficient (Wildman–Crippen LogP) is 4.21. The second-order valence-corrected chi connectivity index (χ2v) is 8.54. The maximum atomic E-state index is 12.7. The Labute approximate surface area is 168 Å². The van der Waals surface area contributed by atoms with Crippen molar-refractivity contribution < 1.29 is 4.79 Å². The summed E-state index contributed by atoms with van der Waals surface area (Å²) in [6.07, 6.45) is 0.